The van der Waals surface area contributed by atoms with Gasteiger partial charge in [0.1, 0.15) is 11.4 Å². The molecule has 1 N–H and O–H groups in total. The molecular weight excluding hydrogens is 270 g/mol. The van der Waals surface area contributed by atoms with Gasteiger partial charge in [-0.3, -0.25) is 0 Å². The second-order valence-corrected chi connectivity index (χ2v) is 6.16. The summed E-state index contributed by atoms with van der Waals surface area (Å²) in [4.78, 5) is 0. The van der Waals surface area contributed by atoms with Crippen molar-refractivity contribution in [3.8, 4) is 5.75 Å². The third kappa shape index (κ3) is 4.78. The molecule has 0 aromatic heterocycles. The fourth-order valence-electron chi connectivity index (χ4n) is 1.83. The third-order valence-electron chi connectivity index (χ3n) is 2.67. The maximum absolute atomic E-state index is 5.95. The van der Waals surface area contributed by atoms with Crippen LogP contribution >= 0.6 is 11.6 Å². The van der Waals surface area contributed by atoms with Crippen molar-refractivity contribution < 1.29 is 4.74 Å². The van der Waals surface area contributed by atoms with E-state index in [9.17, 15) is 0 Å². The Morgan fingerprint density at radius 1 is 1.05 bits per heavy atom. The highest BCUT2D eigenvalue weighted by Crippen LogP contribution is 2.20. The van der Waals surface area contributed by atoms with Gasteiger partial charge in [-0.05, 0) is 56.7 Å². The molecule has 2 aromatic rings. The molecule has 0 amide bonds. The monoisotopic (exact) mass is 289 g/mol. The summed E-state index contributed by atoms with van der Waals surface area (Å²) in [5, 5.41) is 4.08. The van der Waals surface area contributed by atoms with Crippen molar-refractivity contribution in [2.45, 2.75) is 32.9 Å². The number of hydrogen-bond donors (Lipinski definition) is 1. The highest BCUT2D eigenvalue weighted by Gasteiger charge is 2.11. The van der Waals surface area contributed by atoms with Crippen LogP contribution in [0.2, 0.25) is 5.02 Å². The lowest BCUT2D eigenvalue weighted by Crippen LogP contribution is -2.22. The summed E-state index contributed by atoms with van der Waals surface area (Å²) in [6.45, 7) is 6.89. The average Bonchev–Trinajstić information content (AvgIpc) is 2.36. The Bertz CT molecular complexity index is 558. The van der Waals surface area contributed by atoms with Crippen molar-refractivity contribution in [3.63, 3.8) is 0 Å². The van der Waals surface area contributed by atoms with Gasteiger partial charge >= 0.3 is 0 Å². The molecule has 0 atom stereocenters. The lowest BCUT2D eigenvalue weighted by molar-refractivity contribution is 0.131. The van der Waals surface area contributed by atoms with Crippen LogP contribution in [0.5, 0.6) is 5.75 Å². The lowest BCUT2D eigenvalue weighted by Gasteiger charge is -2.21. The summed E-state index contributed by atoms with van der Waals surface area (Å²) < 4.78 is 5.80. The van der Waals surface area contributed by atoms with Gasteiger partial charge in [0.25, 0.3) is 0 Å². The van der Waals surface area contributed by atoms with Crippen molar-refractivity contribution in [2.24, 2.45) is 0 Å². The topological polar surface area (TPSA) is 21.3 Å². The Morgan fingerprint density at radius 2 is 1.75 bits per heavy atom. The van der Waals surface area contributed by atoms with Crippen LogP contribution in [-0.4, -0.2) is 5.60 Å². The fourth-order valence-corrected chi connectivity index (χ4v) is 2.02. The zero-order valence-electron chi connectivity index (χ0n) is 12.1. The van der Waals surface area contributed by atoms with Crippen LogP contribution in [0.15, 0.2) is 48.5 Å². The number of anilines is 1. The second-order valence-electron chi connectivity index (χ2n) is 5.72. The van der Waals surface area contributed by atoms with E-state index >= 15 is 0 Å². The summed E-state index contributed by atoms with van der Waals surface area (Å²) in [5.74, 6) is 0.893. The molecule has 0 saturated carbocycles. The van der Waals surface area contributed by atoms with Crippen molar-refractivity contribution >= 4 is 17.3 Å². The molecular formula is C17H20ClNO. The number of nitrogens with one attached hydrogen (secondary N) is 1. The first-order valence-electron chi connectivity index (χ1n) is 6.70. The van der Waals surface area contributed by atoms with Crippen molar-refractivity contribution in [1.82, 2.24) is 0 Å². The SMILES string of the molecule is CC(C)(C)Oc1ccc(CNc2cccc(Cl)c2)cc1. The molecule has 2 rings (SSSR count). The maximum atomic E-state index is 5.95. The largest absolute Gasteiger partial charge is 0.488 e. The van der Waals surface area contributed by atoms with Crippen LogP contribution in [0.3, 0.4) is 0 Å². The van der Waals surface area contributed by atoms with E-state index in [0.717, 1.165) is 23.0 Å². The van der Waals surface area contributed by atoms with E-state index in [1.165, 1.54) is 5.56 Å². The van der Waals surface area contributed by atoms with Crippen LogP contribution in [0, 0.1) is 0 Å². The molecule has 0 unspecified atom stereocenters. The van der Waals surface area contributed by atoms with Crippen LogP contribution in [-0.2, 0) is 6.54 Å². The summed E-state index contributed by atoms with van der Waals surface area (Å²) in [5.41, 5.74) is 2.05. The van der Waals surface area contributed by atoms with E-state index in [-0.39, 0.29) is 5.60 Å². The Balaban J connectivity index is 1.94. The van der Waals surface area contributed by atoms with Gasteiger partial charge in [0, 0.05) is 17.3 Å². The van der Waals surface area contributed by atoms with Gasteiger partial charge in [-0.1, -0.05) is 29.8 Å². The van der Waals surface area contributed by atoms with Crippen LogP contribution in [0.25, 0.3) is 0 Å². The normalized spacial score (nSPS) is 11.2. The minimum atomic E-state index is -0.166. The first kappa shape index (κ1) is 14.7. The Morgan fingerprint density at radius 3 is 2.35 bits per heavy atom. The molecule has 0 radical (unpaired) electrons. The number of ether oxygens (including phenoxy) is 1. The Hall–Kier alpha value is -1.67. The molecule has 3 heteroatoms. The molecule has 0 aliphatic carbocycles. The van der Waals surface area contributed by atoms with E-state index in [1.54, 1.807) is 0 Å². The molecule has 0 bridgehead atoms. The lowest BCUT2D eigenvalue weighted by atomic mass is 10.1. The molecule has 0 saturated heterocycles. The Kier molecular flexibility index (Phi) is 4.56. The average molecular weight is 290 g/mol. The molecule has 0 fully saturated rings. The molecule has 2 aromatic carbocycles. The fraction of sp³-hybridized carbons (Fsp3) is 0.294. The first-order chi connectivity index (χ1) is 9.42. The highest BCUT2D eigenvalue weighted by atomic mass is 35.5. The highest BCUT2D eigenvalue weighted by molar-refractivity contribution is 6.30. The van der Waals surface area contributed by atoms with E-state index in [2.05, 4.69) is 17.4 Å². The van der Waals surface area contributed by atoms with Gasteiger partial charge in [-0.25, -0.2) is 0 Å². The van der Waals surface area contributed by atoms with E-state index in [4.69, 9.17) is 16.3 Å². The standard InChI is InChI=1S/C17H20ClNO/c1-17(2,3)20-16-9-7-13(8-10-16)12-19-15-6-4-5-14(18)11-15/h4-11,19H,12H2,1-3H3. The quantitative estimate of drug-likeness (QED) is 0.842. The Labute approximate surface area is 125 Å². The predicted molar refractivity (Wildman–Crippen MR) is 85.6 cm³/mol. The van der Waals surface area contributed by atoms with Gasteiger partial charge < -0.3 is 10.1 Å². The number of hydrogen-bond acceptors (Lipinski definition) is 2. The van der Waals surface area contributed by atoms with Crippen LogP contribution in [0.4, 0.5) is 5.69 Å². The third-order valence-corrected chi connectivity index (χ3v) is 2.90. The minimum absolute atomic E-state index is 0.166. The van der Waals surface area contributed by atoms with Crippen LogP contribution in [0.1, 0.15) is 26.3 Å². The van der Waals surface area contributed by atoms with E-state index < -0.39 is 0 Å². The van der Waals surface area contributed by atoms with Crippen molar-refractivity contribution in [1.29, 1.82) is 0 Å². The molecule has 0 aliphatic heterocycles. The number of benzene rings is 2. The molecule has 106 valence electrons. The molecule has 0 spiro atoms. The first-order valence-corrected chi connectivity index (χ1v) is 7.08. The van der Waals surface area contributed by atoms with Gasteiger partial charge in [-0.2, -0.15) is 0 Å². The molecule has 0 aliphatic rings. The van der Waals surface area contributed by atoms with Gasteiger partial charge in [0.05, 0.1) is 0 Å². The molecule has 20 heavy (non-hydrogen) atoms. The van der Waals surface area contributed by atoms with Gasteiger partial charge in [0.2, 0.25) is 0 Å². The van der Waals surface area contributed by atoms with Crippen molar-refractivity contribution in [2.75, 3.05) is 5.32 Å². The summed E-state index contributed by atoms with van der Waals surface area (Å²) in [6.07, 6.45) is 0. The zero-order chi connectivity index (χ0) is 14.6. The predicted octanol–water partition coefficient (Wildman–Crippen LogP) is 5.13. The molecule has 2 nitrogen and oxygen atoms in total. The van der Waals surface area contributed by atoms with Crippen LogP contribution < -0.4 is 10.1 Å². The summed E-state index contributed by atoms with van der Waals surface area (Å²) in [7, 11) is 0. The maximum Gasteiger partial charge on any atom is 0.120 e. The van der Waals surface area contributed by atoms with E-state index in [1.807, 2.05) is 57.2 Å². The zero-order valence-corrected chi connectivity index (χ0v) is 12.9. The van der Waals surface area contributed by atoms with Crippen molar-refractivity contribution in [3.05, 3.63) is 59.1 Å². The summed E-state index contributed by atoms with van der Waals surface area (Å²) >= 11 is 5.95. The second kappa shape index (κ2) is 6.19. The van der Waals surface area contributed by atoms with Gasteiger partial charge in [0.15, 0.2) is 0 Å². The number of rotatable bonds is 4. The van der Waals surface area contributed by atoms with Gasteiger partial charge in [-0.15, -0.1) is 0 Å². The van der Waals surface area contributed by atoms with E-state index in [0.29, 0.717) is 0 Å². The smallest absolute Gasteiger partial charge is 0.120 e. The number of halogens is 1. The molecule has 0 heterocycles. The summed E-state index contributed by atoms with van der Waals surface area (Å²) in [6, 6.07) is 15.9. The minimum Gasteiger partial charge on any atom is -0.488 e.